The molecule has 0 saturated carbocycles. The van der Waals surface area contributed by atoms with Crippen LogP contribution in [0.4, 0.5) is 0 Å². The third-order valence-electron chi connectivity index (χ3n) is 3.81. The van der Waals surface area contributed by atoms with E-state index in [2.05, 4.69) is 60.8 Å². The third kappa shape index (κ3) is 2.19. The lowest BCUT2D eigenvalue weighted by molar-refractivity contribution is 0.644. The highest BCUT2D eigenvalue weighted by Gasteiger charge is 2.14. The molecule has 0 radical (unpaired) electrons. The van der Waals surface area contributed by atoms with Crippen molar-refractivity contribution in [3.63, 3.8) is 0 Å². The fourth-order valence-corrected chi connectivity index (χ4v) is 2.74. The Morgan fingerprint density at radius 1 is 1.00 bits per heavy atom. The fourth-order valence-electron chi connectivity index (χ4n) is 2.74. The van der Waals surface area contributed by atoms with Crippen molar-refractivity contribution in [1.29, 1.82) is 0 Å². The lowest BCUT2D eigenvalue weighted by Gasteiger charge is -2.14. The van der Waals surface area contributed by atoms with Gasteiger partial charge in [-0.2, -0.15) is 0 Å². The van der Waals surface area contributed by atoms with Crippen LogP contribution in [0.5, 0.6) is 0 Å². The quantitative estimate of drug-likeness (QED) is 0.799. The summed E-state index contributed by atoms with van der Waals surface area (Å²) in [7, 11) is 0. The maximum Gasteiger partial charge on any atom is 0.00177 e. The zero-order chi connectivity index (χ0) is 12.4. The Morgan fingerprint density at radius 3 is 2.67 bits per heavy atom. The fraction of sp³-hybridized carbons (Fsp3) is 0.294. The molecule has 18 heavy (non-hydrogen) atoms. The molecule has 0 saturated heterocycles. The maximum absolute atomic E-state index is 3.50. The average molecular weight is 237 g/mol. The van der Waals surface area contributed by atoms with Crippen molar-refractivity contribution in [3.8, 4) is 11.1 Å². The molecule has 0 amide bonds. The van der Waals surface area contributed by atoms with Gasteiger partial charge in [0.15, 0.2) is 0 Å². The van der Waals surface area contributed by atoms with Gasteiger partial charge >= 0.3 is 0 Å². The smallest absolute Gasteiger partial charge is 0.00177 e. The molecule has 1 aliphatic heterocycles. The highest BCUT2D eigenvalue weighted by atomic mass is 14.9. The van der Waals surface area contributed by atoms with Gasteiger partial charge < -0.3 is 5.32 Å². The summed E-state index contributed by atoms with van der Waals surface area (Å²) in [5, 5.41) is 3.50. The summed E-state index contributed by atoms with van der Waals surface area (Å²) in [5.74, 6) is 0.603. The zero-order valence-corrected chi connectivity index (χ0v) is 10.8. The van der Waals surface area contributed by atoms with Crippen LogP contribution in [-0.2, 0) is 6.42 Å². The van der Waals surface area contributed by atoms with Gasteiger partial charge in [0.1, 0.15) is 0 Å². The second-order valence-electron chi connectivity index (χ2n) is 5.13. The van der Waals surface area contributed by atoms with Gasteiger partial charge in [-0.05, 0) is 41.1 Å². The van der Waals surface area contributed by atoms with E-state index in [-0.39, 0.29) is 0 Å². The molecule has 0 aliphatic carbocycles. The predicted octanol–water partition coefficient (Wildman–Crippen LogP) is 3.60. The summed E-state index contributed by atoms with van der Waals surface area (Å²) in [4.78, 5) is 0. The molecule has 92 valence electrons. The Balaban J connectivity index is 2.04. The van der Waals surface area contributed by atoms with Crippen LogP contribution in [-0.4, -0.2) is 13.1 Å². The van der Waals surface area contributed by atoms with E-state index in [9.17, 15) is 0 Å². The minimum absolute atomic E-state index is 0.603. The highest BCUT2D eigenvalue weighted by molar-refractivity contribution is 5.65. The van der Waals surface area contributed by atoms with Gasteiger partial charge in [0, 0.05) is 6.54 Å². The van der Waals surface area contributed by atoms with Crippen LogP contribution < -0.4 is 5.32 Å². The van der Waals surface area contributed by atoms with Gasteiger partial charge in [-0.15, -0.1) is 0 Å². The molecule has 0 fully saturated rings. The van der Waals surface area contributed by atoms with Gasteiger partial charge in [-0.1, -0.05) is 55.5 Å². The summed E-state index contributed by atoms with van der Waals surface area (Å²) < 4.78 is 0. The molecule has 1 atom stereocenters. The Kier molecular flexibility index (Phi) is 3.16. The number of hydrogen-bond donors (Lipinski definition) is 1. The highest BCUT2D eigenvalue weighted by Crippen LogP contribution is 2.28. The molecule has 0 aromatic heterocycles. The lowest BCUT2D eigenvalue weighted by Crippen LogP contribution is -2.18. The van der Waals surface area contributed by atoms with Gasteiger partial charge in [0.2, 0.25) is 0 Å². The van der Waals surface area contributed by atoms with Crippen molar-refractivity contribution in [1.82, 2.24) is 5.32 Å². The summed E-state index contributed by atoms with van der Waals surface area (Å²) in [6, 6.07) is 17.6. The number of rotatable bonds is 1. The first-order valence-corrected chi connectivity index (χ1v) is 6.73. The summed E-state index contributed by atoms with van der Waals surface area (Å²) in [5.41, 5.74) is 5.67. The van der Waals surface area contributed by atoms with Crippen LogP contribution >= 0.6 is 0 Å². The van der Waals surface area contributed by atoms with E-state index in [1.165, 1.54) is 22.3 Å². The average Bonchev–Trinajstić information content (AvgIpc) is 2.62. The minimum Gasteiger partial charge on any atom is -0.316 e. The lowest BCUT2D eigenvalue weighted by atomic mass is 9.91. The van der Waals surface area contributed by atoms with Crippen LogP contribution in [0.1, 0.15) is 24.0 Å². The van der Waals surface area contributed by atoms with Gasteiger partial charge in [0.05, 0.1) is 0 Å². The van der Waals surface area contributed by atoms with E-state index >= 15 is 0 Å². The predicted molar refractivity (Wildman–Crippen MR) is 76.9 cm³/mol. The Labute approximate surface area is 109 Å². The van der Waals surface area contributed by atoms with Crippen LogP contribution in [0.2, 0.25) is 0 Å². The monoisotopic (exact) mass is 237 g/mol. The first kappa shape index (κ1) is 11.5. The molecule has 3 rings (SSSR count). The summed E-state index contributed by atoms with van der Waals surface area (Å²) in [6.45, 7) is 4.50. The summed E-state index contributed by atoms with van der Waals surface area (Å²) in [6.07, 6.45) is 1.15. The minimum atomic E-state index is 0.603. The van der Waals surface area contributed by atoms with Gasteiger partial charge in [-0.25, -0.2) is 0 Å². The molecular formula is C17H19N. The second-order valence-corrected chi connectivity index (χ2v) is 5.13. The first-order valence-electron chi connectivity index (χ1n) is 6.73. The molecule has 2 aromatic carbocycles. The molecule has 0 bridgehead atoms. The van der Waals surface area contributed by atoms with Crippen LogP contribution in [0, 0.1) is 0 Å². The van der Waals surface area contributed by atoms with E-state index in [0.29, 0.717) is 5.92 Å². The molecule has 1 nitrogen and oxygen atoms in total. The molecule has 1 heteroatoms. The van der Waals surface area contributed by atoms with E-state index in [4.69, 9.17) is 0 Å². The van der Waals surface area contributed by atoms with Crippen molar-refractivity contribution in [2.45, 2.75) is 19.3 Å². The number of hydrogen-bond acceptors (Lipinski definition) is 1. The molecule has 0 unspecified atom stereocenters. The van der Waals surface area contributed by atoms with Crippen molar-refractivity contribution in [3.05, 3.63) is 59.7 Å². The molecule has 1 heterocycles. The Bertz CT molecular complexity index is 531. The van der Waals surface area contributed by atoms with Gasteiger partial charge in [-0.3, -0.25) is 0 Å². The Hall–Kier alpha value is -1.60. The largest absolute Gasteiger partial charge is 0.316 e. The molecule has 1 N–H and O–H groups in total. The molecule has 2 aromatic rings. The third-order valence-corrected chi connectivity index (χ3v) is 3.81. The van der Waals surface area contributed by atoms with Crippen LogP contribution in [0.3, 0.4) is 0 Å². The standard InChI is InChI=1S/C17H19N/c1-13-12-18-10-9-15-7-8-16(11-17(13)15)14-5-3-2-4-6-14/h2-8,11,13,18H,9-10,12H2,1H3/t13-/m1/s1. The molecule has 0 spiro atoms. The zero-order valence-electron chi connectivity index (χ0n) is 10.8. The number of fused-ring (bicyclic) bond motifs is 1. The van der Waals surface area contributed by atoms with E-state index < -0.39 is 0 Å². The van der Waals surface area contributed by atoms with Crippen molar-refractivity contribution in [2.75, 3.05) is 13.1 Å². The van der Waals surface area contributed by atoms with Crippen LogP contribution in [0.15, 0.2) is 48.5 Å². The first-order chi connectivity index (χ1) is 8.84. The second kappa shape index (κ2) is 4.95. The maximum atomic E-state index is 3.50. The van der Waals surface area contributed by atoms with Crippen molar-refractivity contribution >= 4 is 0 Å². The normalized spacial score (nSPS) is 19.1. The Morgan fingerprint density at radius 2 is 1.83 bits per heavy atom. The molecular weight excluding hydrogens is 218 g/mol. The molecule has 1 aliphatic rings. The van der Waals surface area contributed by atoms with Crippen LogP contribution in [0.25, 0.3) is 11.1 Å². The van der Waals surface area contributed by atoms with E-state index in [1.807, 2.05) is 0 Å². The van der Waals surface area contributed by atoms with Gasteiger partial charge in [0.25, 0.3) is 0 Å². The van der Waals surface area contributed by atoms with Crippen molar-refractivity contribution in [2.24, 2.45) is 0 Å². The van der Waals surface area contributed by atoms with E-state index in [1.54, 1.807) is 0 Å². The number of benzene rings is 2. The topological polar surface area (TPSA) is 12.0 Å². The summed E-state index contributed by atoms with van der Waals surface area (Å²) >= 11 is 0. The van der Waals surface area contributed by atoms with E-state index in [0.717, 1.165) is 19.5 Å². The number of nitrogens with one attached hydrogen (secondary N) is 1. The van der Waals surface area contributed by atoms with Crippen molar-refractivity contribution < 1.29 is 0 Å². The SMILES string of the molecule is C[C@@H]1CNCCc2ccc(-c3ccccc3)cc21.